The molecule has 26 heavy (non-hydrogen) atoms. The van der Waals surface area contributed by atoms with Crippen LogP contribution < -0.4 is 10.6 Å². The molecule has 1 aromatic carbocycles. The second-order valence-corrected chi connectivity index (χ2v) is 6.03. The number of carbonyl (C=O) groups excluding carboxylic acids is 3. The molecule has 9 heteroatoms. The van der Waals surface area contributed by atoms with Gasteiger partial charge in [-0.05, 0) is 31.0 Å². The predicted octanol–water partition coefficient (Wildman–Crippen LogP) is 0.762. The number of aryl methyl sites for hydroxylation is 1. The van der Waals surface area contributed by atoms with Gasteiger partial charge in [0, 0.05) is 32.1 Å². The van der Waals surface area contributed by atoms with Crippen LogP contribution in [0.1, 0.15) is 36.2 Å². The first-order chi connectivity index (χ1) is 12.2. The van der Waals surface area contributed by atoms with Crippen LogP contribution in [0.4, 0.5) is 10.1 Å². The van der Waals surface area contributed by atoms with E-state index >= 15 is 0 Å². The van der Waals surface area contributed by atoms with E-state index in [1.165, 1.54) is 19.9 Å². The quantitative estimate of drug-likeness (QED) is 0.688. The van der Waals surface area contributed by atoms with E-state index in [0.717, 1.165) is 11.0 Å². The maximum atomic E-state index is 14.4. The maximum absolute atomic E-state index is 14.4. The minimum absolute atomic E-state index is 0.0430. The summed E-state index contributed by atoms with van der Waals surface area (Å²) >= 11 is 0. The zero-order valence-electron chi connectivity index (χ0n) is 14.5. The van der Waals surface area contributed by atoms with Crippen molar-refractivity contribution in [2.75, 3.05) is 18.4 Å². The van der Waals surface area contributed by atoms with Crippen molar-refractivity contribution in [3.05, 3.63) is 29.1 Å². The number of carboxylic acid groups (broad SMARTS) is 1. The molecule has 3 amide bonds. The summed E-state index contributed by atoms with van der Waals surface area (Å²) in [5.74, 6) is -3.43. The van der Waals surface area contributed by atoms with Crippen LogP contribution in [0.2, 0.25) is 0 Å². The molecule has 0 aromatic heterocycles. The number of aliphatic carboxylic acids is 1. The SMILES string of the molecule is CC(=O)NCCN(C(=O)c1cc2c(cc1F)NC(=O)CC2)C(C)C(=O)O. The summed E-state index contributed by atoms with van der Waals surface area (Å²) in [6.45, 7) is 2.56. The summed E-state index contributed by atoms with van der Waals surface area (Å²) in [5, 5.41) is 14.2. The molecule has 0 bridgehead atoms. The first-order valence-electron chi connectivity index (χ1n) is 8.11. The molecule has 8 nitrogen and oxygen atoms in total. The van der Waals surface area contributed by atoms with Gasteiger partial charge in [0.25, 0.3) is 5.91 Å². The number of carbonyl (C=O) groups is 4. The van der Waals surface area contributed by atoms with Gasteiger partial charge in [0.2, 0.25) is 11.8 Å². The zero-order chi connectivity index (χ0) is 19.4. The average molecular weight is 365 g/mol. The van der Waals surface area contributed by atoms with Gasteiger partial charge < -0.3 is 20.6 Å². The Morgan fingerprint density at radius 1 is 1.35 bits per heavy atom. The fourth-order valence-corrected chi connectivity index (χ4v) is 2.68. The Hall–Kier alpha value is -2.97. The third-order valence-corrected chi connectivity index (χ3v) is 4.13. The highest BCUT2D eigenvalue weighted by atomic mass is 19.1. The molecule has 1 aliphatic rings. The Kier molecular flexibility index (Phi) is 5.91. The van der Waals surface area contributed by atoms with Crippen molar-refractivity contribution in [2.24, 2.45) is 0 Å². The molecule has 1 aromatic rings. The summed E-state index contributed by atoms with van der Waals surface area (Å²) in [5.41, 5.74) is 0.654. The lowest BCUT2D eigenvalue weighted by molar-refractivity contribution is -0.141. The summed E-state index contributed by atoms with van der Waals surface area (Å²) in [4.78, 5) is 47.4. The Bertz CT molecular complexity index is 765. The lowest BCUT2D eigenvalue weighted by Gasteiger charge is -2.27. The Labute approximate surface area is 149 Å². The molecule has 140 valence electrons. The molecule has 3 N–H and O–H groups in total. The molecule has 0 fully saturated rings. The van der Waals surface area contributed by atoms with Gasteiger partial charge in [-0.1, -0.05) is 0 Å². The van der Waals surface area contributed by atoms with Crippen LogP contribution in [0.3, 0.4) is 0 Å². The third kappa shape index (κ3) is 4.35. The lowest BCUT2D eigenvalue weighted by atomic mass is 9.99. The molecule has 1 unspecified atom stereocenters. The summed E-state index contributed by atoms with van der Waals surface area (Å²) in [6.07, 6.45) is 0.589. The van der Waals surface area contributed by atoms with Crippen molar-refractivity contribution >= 4 is 29.4 Å². The lowest BCUT2D eigenvalue weighted by Crippen LogP contribution is -2.47. The van der Waals surface area contributed by atoms with Crippen molar-refractivity contribution < 1.29 is 28.7 Å². The van der Waals surface area contributed by atoms with Crippen molar-refractivity contribution in [1.29, 1.82) is 0 Å². The maximum Gasteiger partial charge on any atom is 0.326 e. The number of nitrogens with zero attached hydrogens (tertiary/aromatic N) is 1. The molecule has 0 aliphatic carbocycles. The smallest absolute Gasteiger partial charge is 0.326 e. The van der Waals surface area contributed by atoms with Crippen LogP contribution in [0.25, 0.3) is 0 Å². The first-order valence-corrected chi connectivity index (χ1v) is 8.11. The van der Waals surface area contributed by atoms with Crippen LogP contribution in [0.15, 0.2) is 12.1 Å². The molecule has 1 aliphatic heterocycles. The fourth-order valence-electron chi connectivity index (χ4n) is 2.68. The minimum atomic E-state index is -1.24. The van der Waals surface area contributed by atoms with Crippen LogP contribution in [-0.4, -0.2) is 52.8 Å². The van der Waals surface area contributed by atoms with Gasteiger partial charge in [-0.3, -0.25) is 14.4 Å². The van der Waals surface area contributed by atoms with Gasteiger partial charge in [-0.15, -0.1) is 0 Å². The Morgan fingerprint density at radius 3 is 2.65 bits per heavy atom. The molecule has 1 atom stereocenters. The predicted molar refractivity (Wildman–Crippen MR) is 90.2 cm³/mol. The second-order valence-electron chi connectivity index (χ2n) is 6.03. The number of carboxylic acids is 1. The zero-order valence-corrected chi connectivity index (χ0v) is 14.5. The molecular weight excluding hydrogens is 345 g/mol. The van der Waals surface area contributed by atoms with Crippen LogP contribution in [0.5, 0.6) is 0 Å². The molecule has 0 saturated heterocycles. The normalized spacial score (nSPS) is 14.0. The molecule has 0 radical (unpaired) electrons. The van der Waals surface area contributed by atoms with Crippen LogP contribution >= 0.6 is 0 Å². The van der Waals surface area contributed by atoms with E-state index in [4.69, 9.17) is 0 Å². The van der Waals surface area contributed by atoms with E-state index in [1.54, 1.807) is 0 Å². The highest BCUT2D eigenvalue weighted by molar-refractivity contribution is 5.99. The summed E-state index contributed by atoms with van der Waals surface area (Å²) in [6, 6.07) is 1.20. The van der Waals surface area contributed by atoms with Crippen molar-refractivity contribution in [3.63, 3.8) is 0 Å². The number of nitrogens with one attached hydrogen (secondary N) is 2. The molecule has 2 rings (SSSR count). The van der Waals surface area contributed by atoms with Gasteiger partial charge in [-0.2, -0.15) is 0 Å². The van der Waals surface area contributed by atoms with Crippen LogP contribution in [0, 0.1) is 5.82 Å². The number of amides is 3. The monoisotopic (exact) mass is 365 g/mol. The summed E-state index contributed by atoms with van der Waals surface area (Å²) < 4.78 is 14.4. The highest BCUT2D eigenvalue weighted by Gasteiger charge is 2.29. The highest BCUT2D eigenvalue weighted by Crippen LogP contribution is 2.27. The van der Waals surface area contributed by atoms with Gasteiger partial charge in [-0.25, -0.2) is 9.18 Å². The van der Waals surface area contributed by atoms with E-state index in [1.807, 2.05) is 0 Å². The van der Waals surface area contributed by atoms with Gasteiger partial charge in [0.1, 0.15) is 11.9 Å². The number of halogens is 1. The largest absolute Gasteiger partial charge is 0.480 e. The Morgan fingerprint density at radius 2 is 2.04 bits per heavy atom. The average Bonchev–Trinajstić information content (AvgIpc) is 2.56. The number of benzene rings is 1. The van der Waals surface area contributed by atoms with E-state index < -0.39 is 23.7 Å². The fraction of sp³-hybridized carbons (Fsp3) is 0.412. The second kappa shape index (κ2) is 7.94. The molecule has 0 spiro atoms. The number of hydrogen-bond acceptors (Lipinski definition) is 4. The van der Waals surface area contributed by atoms with Gasteiger partial charge >= 0.3 is 5.97 Å². The molecular formula is C17H20FN3O5. The topological polar surface area (TPSA) is 116 Å². The van der Waals surface area contributed by atoms with Gasteiger partial charge in [0.15, 0.2) is 0 Å². The molecule has 0 saturated carbocycles. The Balaban J connectivity index is 2.30. The minimum Gasteiger partial charge on any atom is -0.480 e. The van der Waals surface area contributed by atoms with Crippen LogP contribution in [-0.2, 0) is 20.8 Å². The van der Waals surface area contributed by atoms with E-state index in [2.05, 4.69) is 10.6 Å². The molecule has 1 heterocycles. The van der Waals surface area contributed by atoms with E-state index in [-0.39, 0.29) is 36.9 Å². The third-order valence-electron chi connectivity index (χ3n) is 4.13. The van der Waals surface area contributed by atoms with Gasteiger partial charge in [0.05, 0.1) is 5.56 Å². The van der Waals surface area contributed by atoms with Crippen molar-refractivity contribution in [2.45, 2.75) is 32.7 Å². The number of rotatable bonds is 6. The number of anilines is 1. The van der Waals surface area contributed by atoms with E-state index in [0.29, 0.717) is 17.7 Å². The number of hydrogen-bond donors (Lipinski definition) is 3. The number of fused-ring (bicyclic) bond motifs is 1. The van der Waals surface area contributed by atoms with Crippen molar-refractivity contribution in [1.82, 2.24) is 10.2 Å². The first kappa shape index (κ1) is 19.4. The van der Waals surface area contributed by atoms with Crippen molar-refractivity contribution in [3.8, 4) is 0 Å². The standard InChI is InChI=1S/C17H20FN3O5/c1-9(17(25)26)21(6-5-19-10(2)22)16(24)12-7-11-3-4-15(23)20-14(11)8-13(12)18/h7-9H,3-6H2,1-2H3,(H,19,22)(H,20,23)(H,25,26). The van der Waals surface area contributed by atoms with E-state index in [9.17, 15) is 28.7 Å². The summed E-state index contributed by atoms with van der Waals surface area (Å²) in [7, 11) is 0.